The topological polar surface area (TPSA) is 38.5 Å². The predicted molar refractivity (Wildman–Crippen MR) is 76.0 cm³/mol. The van der Waals surface area contributed by atoms with E-state index in [0.717, 1.165) is 30.0 Å². The molecule has 1 saturated heterocycles. The van der Waals surface area contributed by atoms with Gasteiger partial charge in [-0.2, -0.15) is 0 Å². The van der Waals surface area contributed by atoms with Crippen molar-refractivity contribution in [2.45, 2.75) is 38.6 Å². The van der Waals surface area contributed by atoms with Gasteiger partial charge in [0.1, 0.15) is 5.75 Å². The molecule has 100 valence electrons. The fourth-order valence-corrected chi connectivity index (χ4v) is 2.68. The van der Waals surface area contributed by atoms with Gasteiger partial charge in [0.05, 0.1) is 12.3 Å². The Kier molecular flexibility index (Phi) is 4.48. The molecule has 0 saturated carbocycles. The molecular weight excluding hydrogens is 224 g/mol. The highest BCUT2D eigenvalue weighted by Crippen LogP contribution is 2.26. The van der Waals surface area contributed by atoms with Gasteiger partial charge in [0.25, 0.3) is 0 Å². The smallest absolute Gasteiger partial charge is 0.145 e. The van der Waals surface area contributed by atoms with E-state index in [1.54, 1.807) is 0 Å². The number of anilines is 1. The summed E-state index contributed by atoms with van der Waals surface area (Å²) in [5.74, 6) is 0.857. The second-order valence-corrected chi connectivity index (χ2v) is 5.26. The van der Waals surface area contributed by atoms with Crippen molar-refractivity contribution < 1.29 is 4.74 Å². The Hall–Kier alpha value is -1.22. The van der Waals surface area contributed by atoms with E-state index in [1.165, 1.54) is 25.8 Å². The van der Waals surface area contributed by atoms with Gasteiger partial charge in [-0.3, -0.25) is 0 Å². The summed E-state index contributed by atoms with van der Waals surface area (Å²) >= 11 is 0. The van der Waals surface area contributed by atoms with Gasteiger partial charge in [-0.1, -0.05) is 18.6 Å². The first-order valence-electron chi connectivity index (χ1n) is 6.86. The maximum absolute atomic E-state index is 5.93. The van der Waals surface area contributed by atoms with Crippen molar-refractivity contribution in [3.8, 4) is 5.75 Å². The Morgan fingerprint density at radius 2 is 2.22 bits per heavy atom. The maximum atomic E-state index is 5.93. The van der Waals surface area contributed by atoms with E-state index >= 15 is 0 Å². The van der Waals surface area contributed by atoms with E-state index in [-0.39, 0.29) is 0 Å². The molecule has 1 atom stereocenters. The lowest BCUT2D eigenvalue weighted by Gasteiger charge is -2.32. The van der Waals surface area contributed by atoms with Gasteiger partial charge >= 0.3 is 0 Å². The van der Waals surface area contributed by atoms with Crippen LogP contribution in [0.1, 0.15) is 31.2 Å². The third-order valence-electron chi connectivity index (χ3n) is 3.86. The molecular formula is C15H24N2O. The van der Waals surface area contributed by atoms with Crippen molar-refractivity contribution >= 4 is 5.69 Å². The van der Waals surface area contributed by atoms with Crippen LogP contribution < -0.4 is 10.5 Å². The maximum Gasteiger partial charge on any atom is 0.145 e. The molecule has 1 aromatic rings. The monoisotopic (exact) mass is 248 g/mol. The number of ether oxygens (including phenoxy) is 1. The zero-order chi connectivity index (χ0) is 13.0. The zero-order valence-electron chi connectivity index (χ0n) is 11.5. The van der Waals surface area contributed by atoms with Crippen LogP contribution in [0.3, 0.4) is 0 Å². The van der Waals surface area contributed by atoms with Crippen LogP contribution in [0.5, 0.6) is 5.75 Å². The van der Waals surface area contributed by atoms with Crippen LogP contribution in [0, 0.1) is 6.92 Å². The number of likely N-dealkylation sites (tertiary alicyclic amines) is 1. The first-order chi connectivity index (χ1) is 8.68. The minimum atomic E-state index is 0.670. The van der Waals surface area contributed by atoms with Gasteiger partial charge < -0.3 is 15.4 Å². The molecule has 1 aromatic carbocycles. The van der Waals surface area contributed by atoms with E-state index in [0.29, 0.717) is 6.04 Å². The minimum Gasteiger partial charge on any atom is -0.491 e. The fourth-order valence-electron chi connectivity index (χ4n) is 2.68. The summed E-state index contributed by atoms with van der Waals surface area (Å²) in [7, 11) is 2.21. The van der Waals surface area contributed by atoms with Crippen LogP contribution >= 0.6 is 0 Å². The van der Waals surface area contributed by atoms with Gasteiger partial charge in [-0.15, -0.1) is 0 Å². The van der Waals surface area contributed by atoms with Crippen LogP contribution in [-0.2, 0) is 0 Å². The number of piperidine rings is 1. The average Bonchev–Trinajstić information content (AvgIpc) is 2.35. The molecule has 3 nitrogen and oxygen atoms in total. The molecule has 0 amide bonds. The molecule has 0 aromatic heterocycles. The van der Waals surface area contributed by atoms with E-state index in [9.17, 15) is 0 Å². The SMILES string of the molecule is Cc1cccc(N)c1OCCC1CCCCN1C. The molecule has 1 heterocycles. The third-order valence-corrected chi connectivity index (χ3v) is 3.86. The molecule has 1 aliphatic heterocycles. The molecule has 18 heavy (non-hydrogen) atoms. The average molecular weight is 248 g/mol. The number of para-hydroxylation sites is 1. The minimum absolute atomic E-state index is 0.670. The van der Waals surface area contributed by atoms with Crippen molar-refractivity contribution in [3.63, 3.8) is 0 Å². The molecule has 1 fully saturated rings. The fraction of sp³-hybridized carbons (Fsp3) is 0.600. The number of rotatable bonds is 4. The van der Waals surface area contributed by atoms with Gasteiger partial charge in [-0.25, -0.2) is 0 Å². The summed E-state index contributed by atoms with van der Waals surface area (Å²) < 4.78 is 5.87. The Labute approximate surface area is 110 Å². The number of nitrogens with two attached hydrogens (primary N) is 1. The van der Waals surface area contributed by atoms with Crippen LogP contribution in [-0.4, -0.2) is 31.1 Å². The Bertz CT molecular complexity index is 372. The number of hydrogen-bond donors (Lipinski definition) is 1. The van der Waals surface area contributed by atoms with Gasteiger partial charge in [0, 0.05) is 6.04 Å². The normalized spacial score (nSPS) is 20.9. The Morgan fingerprint density at radius 3 is 2.94 bits per heavy atom. The molecule has 0 bridgehead atoms. The molecule has 3 heteroatoms. The van der Waals surface area contributed by atoms with Gasteiger partial charge in [0.2, 0.25) is 0 Å². The lowest BCUT2D eigenvalue weighted by Crippen LogP contribution is -2.37. The van der Waals surface area contributed by atoms with Gasteiger partial charge in [0.15, 0.2) is 0 Å². The first-order valence-corrected chi connectivity index (χ1v) is 6.86. The van der Waals surface area contributed by atoms with E-state index in [4.69, 9.17) is 10.5 Å². The molecule has 1 unspecified atom stereocenters. The zero-order valence-corrected chi connectivity index (χ0v) is 11.5. The molecule has 0 aliphatic carbocycles. The van der Waals surface area contributed by atoms with Crippen molar-refractivity contribution in [1.29, 1.82) is 0 Å². The second kappa shape index (κ2) is 6.10. The van der Waals surface area contributed by atoms with Crippen LogP contribution in [0.4, 0.5) is 5.69 Å². The third kappa shape index (κ3) is 3.16. The van der Waals surface area contributed by atoms with E-state index in [2.05, 4.69) is 11.9 Å². The summed E-state index contributed by atoms with van der Waals surface area (Å²) in [4.78, 5) is 2.45. The standard InChI is InChI=1S/C15H24N2O/c1-12-6-5-8-14(16)15(12)18-11-9-13-7-3-4-10-17(13)2/h5-6,8,13H,3-4,7,9-11,16H2,1-2H3. The second-order valence-electron chi connectivity index (χ2n) is 5.26. The number of hydrogen-bond acceptors (Lipinski definition) is 3. The molecule has 0 spiro atoms. The van der Waals surface area contributed by atoms with Crippen molar-refractivity contribution in [2.75, 3.05) is 25.9 Å². The van der Waals surface area contributed by atoms with E-state index in [1.807, 2.05) is 25.1 Å². The molecule has 2 N–H and O–H groups in total. The number of nitrogen functional groups attached to an aromatic ring is 1. The van der Waals surface area contributed by atoms with Crippen LogP contribution in [0.15, 0.2) is 18.2 Å². The largest absolute Gasteiger partial charge is 0.491 e. The summed E-state index contributed by atoms with van der Waals surface area (Å²) in [6.07, 6.45) is 5.06. The summed E-state index contributed by atoms with van der Waals surface area (Å²) in [5.41, 5.74) is 7.79. The summed E-state index contributed by atoms with van der Waals surface area (Å²) in [6, 6.07) is 6.57. The van der Waals surface area contributed by atoms with Gasteiger partial charge in [-0.05, 0) is 51.4 Å². The van der Waals surface area contributed by atoms with E-state index < -0.39 is 0 Å². The number of aryl methyl sites for hydroxylation is 1. The first kappa shape index (κ1) is 13.2. The Balaban J connectivity index is 1.84. The highest BCUT2D eigenvalue weighted by atomic mass is 16.5. The van der Waals surface area contributed by atoms with Crippen molar-refractivity contribution in [1.82, 2.24) is 4.90 Å². The lowest BCUT2D eigenvalue weighted by atomic mass is 10.0. The number of benzene rings is 1. The summed E-state index contributed by atoms with van der Waals surface area (Å²) in [5, 5.41) is 0. The van der Waals surface area contributed by atoms with Crippen LogP contribution in [0.25, 0.3) is 0 Å². The highest BCUT2D eigenvalue weighted by molar-refractivity contribution is 5.56. The number of nitrogens with zero attached hydrogens (tertiary/aromatic N) is 1. The lowest BCUT2D eigenvalue weighted by molar-refractivity contribution is 0.153. The molecule has 1 aliphatic rings. The van der Waals surface area contributed by atoms with Crippen molar-refractivity contribution in [3.05, 3.63) is 23.8 Å². The Morgan fingerprint density at radius 1 is 1.39 bits per heavy atom. The van der Waals surface area contributed by atoms with Crippen molar-refractivity contribution in [2.24, 2.45) is 0 Å². The predicted octanol–water partition coefficient (Wildman–Crippen LogP) is 2.83. The molecule has 0 radical (unpaired) electrons. The highest BCUT2D eigenvalue weighted by Gasteiger charge is 2.18. The molecule has 2 rings (SSSR count). The quantitative estimate of drug-likeness (QED) is 0.833. The van der Waals surface area contributed by atoms with Crippen LogP contribution in [0.2, 0.25) is 0 Å². The summed E-state index contributed by atoms with van der Waals surface area (Å²) in [6.45, 7) is 4.01.